The molecule has 3 aromatic rings. The van der Waals surface area contributed by atoms with Crippen LogP contribution in [0.15, 0.2) is 53.4 Å². The van der Waals surface area contributed by atoms with Crippen molar-refractivity contribution in [2.75, 3.05) is 0 Å². The Morgan fingerprint density at radius 2 is 2.11 bits per heavy atom. The van der Waals surface area contributed by atoms with Gasteiger partial charge in [0.15, 0.2) is 0 Å². The highest BCUT2D eigenvalue weighted by Gasteiger charge is 2.00. The Bertz CT molecular complexity index is 699. The summed E-state index contributed by atoms with van der Waals surface area (Å²) in [5.41, 5.74) is 3.42. The lowest BCUT2D eigenvalue weighted by atomic mass is 10.1. The van der Waals surface area contributed by atoms with E-state index in [-0.39, 0.29) is 0 Å². The van der Waals surface area contributed by atoms with Gasteiger partial charge in [-0.05, 0) is 35.4 Å². The summed E-state index contributed by atoms with van der Waals surface area (Å²) < 4.78 is 1.09. The molecular weight excluding hydrogens is 288 g/mol. The minimum absolute atomic E-state index is 1.09. The summed E-state index contributed by atoms with van der Waals surface area (Å²) in [6.45, 7) is 0. The van der Waals surface area contributed by atoms with Gasteiger partial charge in [0.2, 0.25) is 0 Å². The van der Waals surface area contributed by atoms with E-state index < -0.39 is 0 Å². The third-order valence-corrected chi connectivity index (χ3v) is 3.31. The van der Waals surface area contributed by atoms with Gasteiger partial charge in [0.25, 0.3) is 0 Å². The van der Waals surface area contributed by atoms with Gasteiger partial charge in [-0.1, -0.05) is 34.1 Å². The van der Waals surface area contributed by atoms with Crippen LogP contribution in [0.3, 0.4) is 0 Å². The first kappa shape index (κ1) is 11.2. The van der Waals surface area contributed by atoms with Crippen LogP contribution in [0.2, 0.25) is 0 Å². The summed E-state index contributed by atoms with van der Waals surface area (Å²) in [6.07, 6.45) is 9.81. The molecule has 0 saturated carbocycles. The number of H-pyrrole nitrogens is 1. The number of hydrogen-bond donors (Lipinski definition) is 1. The molecule has 2 nitrogen and oxygen atoms in total. The van der Waals surface area contributed by atoms with Gasteiger partial charge >= 0.3 is 0 Å². The molecule has 3 heteroatoms. The molecule has 2 heterocycles. The Labute approximate surface area is 114 Å². The fourth-order valence-corrected chi connectivity index (χ4v) is 2.27. The highest BCUT2D eigenvalue weighted by molar-refractivity contribution is 9.10. The van der Waals surface area contributed by atoms with Gasteiger partial charge in [0.1, 0.15) is 0 Å². The first-order valence-electron chi connectivity index (χ1n) is 5.68. The van der Waals surface area contributed by atoms with E-state index in [0.29, 0.717) is 0 Å². The smallest absolute Gasteiger partial charge is 0.0460 e. The summed E-state index contributed by atoms with van der Waals surface area (Å²) in [6, 6.07) is 10.2. The van der Waals surface area contributed by atoms with Crippen LogP contribution in [-0.2, 0) is 0 Å². The fraction of sp³-hybridized carbons (Fsp3) is 0. The molecule has 0 spiro atoms. The Hall–Kier alpha value is -1.87. The molecule has 1 aromatic carbocycles. The maximum absolute atomic E-state index is 4.09. The predicted molar refractivity (Wildman–Crippen MR) is 79.2 cm³/mol. The summed E-state index contributed by atoms with van der Waals surface area (Å²) in [4.78, 5) is 7.36. The zero-order chi connectivity index (χ0) is 12.4. The molecule has 18 heavy (non-hydrogen) atoms. The van der Waals surface area contributed by atoms with Crippen LogP contribution < -0.4 is 0 Å². The van der Waals surface area contributed by atoms with Crippen LogP contribution >= 0.6 is 15.9 Å². The number of rotatable bonds is 2. The fourth-order valence-electron chi connectivity index (χ4n) is 1.91. The molecule has 0 unspecified atom stereocenters. The number of aromatic amines is 1. The highest BCUT2D eigenvalue weighted by Crippen LogP contribution is 2.24. The number of hydrogen-bond acceptors (Lipinski definition) is 1. The van der Waals surface area contributed by atoms with Gasteiger partial charge in [-0.25, -0.2) is 0 Å². The van der Waals surface area contributed by atoms with Crippen LogP contribution in [0.4, 0.5) is 0 Å². The molecule has 0 radical (unpaired) electrons. The van der Waals surface area contributed by atoms with E-state index in [4.69, 9.17) is 0 Å². The molecule has 0 aliphatic carbocycles. The maximum Gasteiger partial charge on any atom is 0.0460 e. The molecule has 0 fully saturated rings. The van der Waals surface area contributed by atoms with Gasteiger partial charge in [-0.15, -0.1) is 0 Å². The molecule has 0 amide bonds. The van der Waals surface area contributed by atoms with Crippen molar-refractivity contribution in [1.29, 1.82) is 0 Å². The van der Waals surface area contributed by atoms with Crippen LogP contribution in [0.1, 0.15) is 11.1 Å². The first-order valence-corrected chi connectivity index (χ1v) is 6.47. The second kappa shape index (κ2) is 4.78. The molecule has 0 atom stereocenters. The Morgan fingerprint density at radius 3 is 2.94 bits per heavy atom. The van der Waals surface area contributed by atoms with E-state index in [2.05, 4.69) is 50.2 Å². The zero-order valence-corrected chi connectivity index (χ0v) is 11.2. The number of aromatic nitrogens is 2. The van der Waals surface area contributed by atoms with E-state index in [0.717, 1.165) is 15.6 Å². The number of benzene rings is 1. The molecule has 3 rings (SSSR count). The molecule has 88 valence electrons. The Balaban J connectivity index is 2.00. The van der Waals surface area contributed by atoms with Gasteiger partial charge in [0.05, 0.1) is 0 Å². The van der Waals surface area contributed by atoms with E-state index in [1.807, 2.05) is 30.6 Å². The molecule has 0 aliphatic rings. The number of halogens is 1. The zero-order valence-electron chi connectivity index (χ0n) is 9.60. The second-order valence-electron chi connectivity index (χ2n) is 4.05. The van der Waals surface area contributed by atoms with Crippen LogP contribution in [0, 0.1) is 0 Å². The lowest BCUT2D eigenvalue weighted by Crippen LogP contribution is -1.73. The van der Waals surface area contributed by atoms with Crippen molar-refractivity contribution in [3.8, 4) is 0 Å². The maximum atomic E-state index is 4.09. The van der Waals surface area contributed by atoms with Crippen molar-refractivity contribution in [3.05, 3.63) is 64.5 Å². The number of pyridine rings is 1. The van der Waals surface area contributed by atoms with Crippen molar-refractivity contribution < 1.29 is 0 Å². The third-order valence-electron chi connectivity index (χ3n) is 2.82. The third kappa shape index (κ3) is 2.22. The minimum atomic E-state index is 1.09. The molecule has 0 aliphatic heterocycles. The average Bonchev–Trinajstić information content (AvgIpc) is 2.80. The van der Waals surface area contributed by atoms with Crippen molar-refractivity contribution in [1.82, 2.24) is 9.97 Å². The van der Waals surface area contributed by atoms with Crippen LogP contribution in [0.5, 0.6) is 0 Å². The normalized spacial score (nSPS) is 11.4. The largest absolute Gasteiger partial charge is 0.361 e. The molecule has 1 N–H and O–H groups in total. The summed E-state index contributed by atoms with van der Waals surface area (Å²) in [5.74, 6) is 0. The van der Waals surface area contributed by atoms with Gasteiger partial charge in [-0.3, -0.25) is 4.98 Å². The molecular formula is C15H11BrN2. The van der Waals surface area contributed by atoms with Crippen molar-refractivity contribution in [2.45, 2.75) is 0 Å². The van der Waals surface area contributed by atoms with E-state index in [9.17, 15) is 0 Å². The number of nitrogens with zero attached hydrogens (tertiary/aromatic N) is 1. The average molecular weight is 299 g/mol. The highest BCUT2D eigenvalue weighted by atomic mass is 79.9. The van der Waals surface area contributed by atoms with E-state index >= 15 is 0 Å². The Kier molecular flexibility index (Phi) is 2.99. The van der Waals surface area contributed by atoms with Gasteiger partial charge in [0, 0.05) is 34.0 Å². The Morgan fingerprint density at radius 1 is 1.17 bits per heavy atom. The van der Waals surface area contributed by atoms with Crippen molar-refractivity contribution in [2.24, 2.45) is 0 Å². The lowest BCUT2D eigenvalue weighted by Gasteiger charge is -1.94. The molecule has 0 saturated heterocycles. The number of fused-ring (bicyclic) bond motifs is 1. The monoisotopic (exact) mass is 298 g/mol. The standard InChI is InChI=1S/C15H11BrN2/c16-13-5-6-15-14(8-13)12(10-18-15)4-3-11-2-1-7-17-9-11/h1-10,18H/b4-3+. The minimum Gasteiger partial charge on any atom is -0.361 e. The van der Waals surface area contributed by atoms with Crippen molar-refractivity contribution in [3.63, 3.8) is 0 Å². The summed E-state index contributed by atoms with van der Waals surface area (Å²) in [7, 11) is 0. The first-order chi connectivity index (χ1) is 8.83. The number of nitrogens with one attached hydrogen (secondary N) is 1. The van der Waals surface area contributed by atoms with E-state index in [1.54, 1.807) is 6.20 Å². The second-order valence-corrected chi connectivity index (χ2v) is 4.97. The van der Waals surface area contributed by atoms with Crippen LogP contribution in [0.25, 0.3) is 23.1 Å². The van der Waals surface area contributed by atoms with Gasteiger partial charge < -0.3 is 4.98 Å². The topological polar surface area (TPSA) is 28.7 Å². The quantitative estimate of drug-likeness (QED) is 0.741. The SMILES string of the molecule is Brc1ccc2[nH]cc(/C=C/c3cccnc3)c2c1. The summed E-state index contributed by atoms with van der Waals surface area (Å²) >= 11 is 3.50. The lowest BCUT2D eigenvalue weighted by molar-refractivity contribution is 1.32. The van der Waals surface area contributed by atoms with E-state index in [1.165, 1.54) is 10.9 Å². The van der Waals surface area contributed by atoms with Crippen molar-refractivity contribution >= 4 is 39.0 Å². The molecule has 0 bridgehead atoms. The summed E-state index contributed by atoms with van der Waals surface area (Å²) in [5, 5.41) is 1.21. The van der Waals surface area contributed by atoms with Gasteiger partial charge in [-0.2, -0.15) is 0 Å². The van der Waals surface area contributed by atoms with Crippen LogP contribution in [-0.4, -0.2) is 9.97 Å². The predicted octanol–water partition coefficient (Wildman–Crippen LogP) is 4.50. The molecule has 2 aromatic heterocycles.